The Morgan fingerprint density at radius 3 is 2.38 bits per heavy atom. The first-order valence-electron chi connectivity index (χ1n) is 9.03. The van der Waals surface area contributed by atoms with Crippen molar-refractivity contribution in [1.29, 1.82) is 0 Å². The topological polar surface area (TPSA) is 95.7 Å². The van der Waals surface area contributed by atoms with E-state index in [0.29, 0.717) is 43.2 Å². The molecule has 2 heterocycles. The minimum Gasteiger partial charge on any atom is -0.365 e. The predicted octanol–water partition coefficient (Wildman–Crippen LogP) is 1.74. The summed E-state index contributed by atoms with van der Waals surface area (Å²) in [6.45, 7) is 8.70. The number of hydrogen-bond donors (Lipinski definition) is 2. The maximum Gasteiger partial charge on any atom is 0.251 e. The number of anilines is 1. The van der Waals surface area contributed by atoms with Crippen molar-refractivity contribution in [3.05, 3.63) is 16.0 Å². The zero-order valence-electron chi connectivity index (χ0n) is 15.8. The van der Waals surface area contributed by atoms with Gasteiger partial charge in [0.05, 0.1) is 12.1 Å². The molecule has 1 aromatic rings. The first-order valence-corrected chi connectivity index (χ1v) is 9.84. The highest BCUT2D eigenvalue weighted by atomic mass is 32.1. The van der Waals surface area contributed by atoms with E-state index < -0.39 is 5.91 Å². The van der Waals surface area contributed by atoms with Crippen molar-refractivity contribution < 1.29 is 14.4 Å². The number of aryl methyl sites for hydroxylation is 1. The third-order valence-electron chi connectivity index (χ3n) is 4.72. The number of rotatable bonds is 7. The van der Waals surface area contributed by atoms with Crippen LogP contribution in [-0.4, -0.2) is 60.2 Å². The van der Waals surface area contributed by atoms with E-state index in [9.17, 15) is 14.4 Å². The van der Waals surface area contributed by atoms with Crippen molar-refractivity contribution in [2.24, 2.45) is 5.73 Å². The van der Waals surface area contributed by atoms with Gasteiger partial charge < -0.3 is 16.0 Å². The lowest BCUT2D eigenvalue weighted by Gasteiger charge is -2.34. The summed E-state index contributed by atoms with van der Waals surface area (Å²) in [6.07, 6.45) is 2.54. The molecule has 0 radical (unpaired) electrons. The zero-order valence-corrected chi connectivity index (χ0v) is 16.6. The van der Waals surface area contributed by atoms with Gasteiger partial charge >= 0.3 is 0 Å². The van der Waals surface area contributed by atoms with E-state index in [1.165, 1.54) is 11.3 Å². The van der Waals surface area contributed by atoms with E-state index in [2.05, 4.69) is 12.2 Å². The lowest BCUT2D eigenvalue weighted by molar-refractivity contribution is -0.133. The van der Waals surface area contributed by atoms with E-state index in [1.807, 2.05) is 23.6 Å². The van der Waals surface area contributed by atoms with Gasteiger partial charge in [-0.25, -0.2) is 0 Å². The number of nitrogens with two attached hydrogens (primary N) is 1. The van der Waals surface area contributed by atoms with Crippen LogP contribution in [0.25, 0.3) is 0 Å². The van der Waals surface area contributed by atoms with Crippen molar-refractivity contribution in [2.75, 3.05) is 38.0 Å². The SMILES string of the molecule is CCCCC(=O)N1CCN(CC(=O)Nc2sc(C)c(C)c2C(N)=O)CC1. The fraction of sp³-hybridized carbons (Fsp3) is 0.611. The number of amides is 3. The van der Waals surface area contributed by atoms with Gasteiger partial charge in [0.15, 0.2) is 0 Å². The number of piperazine rings is 1. The normalized spacial score (nSPS) is 15.1. The van der Waals surface area contributed by atoms with Gasteiger partial charge in [0.25, 0.3) is 5.91 Å². The quantitative estimate of drug-likeness (QED) is 0.753. The lowest BCUT2D eigenvalue weighted by atomic mass is 10.1. The molecular formula is C18H28N4O3S. The van der Waals surface area contributed by atoms with Gasteiger partial charge in [0, 0.05) is 37.5 Å². The van der Waals surface area contributed by atoms with Crippen LogP contribution < -0.4 is 11.1 Å². The molecule has 0 atom stereocenters. The Morgan fingerprint density at radius 1 is 1.15 bits per heavy atom. The number of unbranched alkanes of at least 4 members (excludes halogenated alkanes) is 1. The molecule has 1 fully saturated rings. The Bertz CT molecular complexity index is 678. The van der Waals surface area contributed by atoms with Gasteiger partial charge in [-0.05, 0) is 25.8 Å². The molecule has 0 bridgehead atoms. The zero-order chi connectivity index (χ0) is 19.3. The molecule has 26 heavy (non-hydrogen) atoms. The van der Waals surface area contributed by atoms with Crippen LogP contribution in [0, 0.1) is 13.8 Å². The van der Waals surface area contributed by atoms with Crippen LogP contribution in [0.1, 0.15) is 47.0 Å². The number of carbonyl (C=O) groups is 3. The first kappa shape index (κ1) is 20.4. The molecule has 3 amide bonds. The highest BCUT2D eigenvalue weighted by molar-refractivity contribution is 7.16. The molecule has 0 saturated carbocycles. The molecule has 1 aliphatic heterocycles. The second-order valence-corrected chi connectivity index (χ2v) is 7.89. The Balaban J connectivity index is 1.86. The Kier molecular flexibility index (Phi) is 7.16. The number of hydrogen-bond acceptors (Lipinski definition) is 5. The first-order chi connectivity index (χ1) is 12.3. The molecule has 1 aromatic heterocycles. The maximum absolute atomic E-state index is 12.4. The second kappa shape index (κ2) is 9.14. The molecule has 8 heteroatoms. The lowest BCUT2D eigenvalue weighted by Crippen LogP contribution is -2.50. The van der Waals surface area contributed by atoms with E-state index in [1.54, 1.807) is 0 Å². The summed E-state index contributed by atoms with van der Waals surface area (Å²) in [7, 11) is 0. The van der Waals surface area contributed by atoms with E-state index >= 15 is 0 Å². The monoisotopic (exact) mass is 380 g/mol. The summed E-state index contributed by atoms with van der Waals surface area (Å²) in [5.74, 6) is -0.493. The van der Waals surface area contributed by atoms with E-state index in [0.717, 1.165) is 23.3 Å². The van der Waals surface area contributed by atoms with E-state index in [4.69, 9.17) is 5.73 Å². The minimum absolute atomic E-state index is 0.167. The standard InChI is InChI=1S/C18H28N4O3S/c1-4-5-6-15(24)22-9-7-21(8-10-22)11-14(23)20-18-16(17(19)25)12(2)13(3)26-18/h4-11H2,1-3H3,(H2,19,25)(H,20,23). The summed E-state index contributed by atoms with van der Waals surface area (Å²) >= 11 is 1.37. The number of primary amides is 1. The fourth-order valence-corrected chi connectivity index (χ4v) is 4.10. The summed E-state index contributed by atoms with van der Waals surface area (Å²) in [5.41, 5.74) is 6.65. The van der Waals surface area contributed by atoms with Crippen LogP contribution in [0.2, 0.25) is 0 Å². The van der Waals surface area contributed by atoms with Crippen LogP contribution in [0.15, 0.2) is 0 Å². The molecule has 0 spiro atoms. The highest BCUT2D eigenvalue weighted by Crippen LogP contribution is 2.31. The average Bonchev–Trinajstić information content (AvgIpc) is 2.87. The van der Waals surface area contributed by atoms with Gasteiger partial charge in [0.2, 0.25) is 11.8 Å². The van der Waals surface area contributed by atoms with Crippen LogP contribution in [0.3, 0.4) is 0 Å². The smallest absolute Gasteiger partial charge is 0.251 e. The van der Waals surface area contributed by atoms with Crippen molar-refractivity contribution in [2.45, 2.75) is 40.0 Å². The predicted molar refractivity (Wildman–Crippen MR) is 103 cm³/mol. The minimum atomic E-state index is -0.527. The van der Waals surface area contributed by atoms with Crippen molar-refractivity contribution in [3.63, 3.8) is 0 Å². The highest BCUT2D eigenvalue weighted by Gasteiger charge is 2.23. The van der Waals surface area contributed by atoms with Gasteiger partial charge in [-0.3, -0.25) is 19.3 Å². The van der Waals surface area contributed by atoms with Gasteiger partial charge in [-0.15, -0.1) is 11.3 Å². The molecule has 7 nitrogen and oxygen atoms in total. The Labute approximate surface area is 158 Å². The third-order valence-corrected chi connectivity index (χ3v) is 5.84. The second-order valence-electron chi connectivity index (χ2n) is 6.66. The van der Waals surface area contributed by atoms with Crippen molar-refractivity contribution >= 4 is 34.1 Å². The largest absolute Gasteiger partial charge is 0.365 e. The summed E-state index contributed by atoms with van der Waals surface area (Å²) in [4.78, 5) is 40.9. The average molecular weight is 381 g/mol. The number of carbonyl (C=O) groups excluding carboxylic acids is 3. The summed E-state index contributed by atoms with van der Waals surface area (Å²) in [5, 5.41) is 3.34. The number of nitrogens with zero attached hydrogens (tertiary/aromatic N) is 2. The van der Waals surface area contributed by atoms with Crippen LogP contribution in [-0.2, 0) is 9.59 Å². The fourth-order valence-electron chi connectivity index (χ4n) is 3.02. The van der Waals surface area contributed by atoms with Crippen LogP contribution in [0.5, 0.6) is 0 Å². The Morgan fingerprint density at radius 2 is 1.81 bits per heavy atom. The van der Waals surface area contributed by atoms with Crippen LogP contribution >= 0.6 is 11.3 Å². The summed E-state index contributed by atoms with van der Waals surface area (Å²) < 4.78 is 0. The summed E-state index contributed by atoms with van der Waals surface area (Å²) in [6, 6.07) is 0. The molecule has 2 rings (SSSR count). The van der Waals surface area contributed by atoms with Crippen molar-refractivity contribution in [1.82, 2.24) is 9.80 Å². The van der Waals surface area contributed by atoms with Crippen LogP contribution in [0.4, 0.5) is 5.00 Å². The molecule has 0 unspecified atom stereocenters. The Hall–Kier alpha value is -1.93. The third kappa shape index (κ3) is 5.04. The molecule has 1 saturated heterocycles. The number of thiophene rings is 1. The van der Waals surface area contributed by atoms with E-state index in [-0.39, 0.29) is 18.4 Å². The maximum atomic E-state index is 12.4. The molecule has 144 valence electrons. The molecule has 1 aliphatic rings. The molecular weight excluding hydrogens is 352 g/mol. The van der Waals surface area contributed by atoms with Gasteiger partial charge in [-0.1, -0.05) is 13.3 Å². The molecule has 0 aromatic carbocycles. The van der Waals surface area contributed by atoms with Gasteiger partial charge in [0.1, 0.15) is 5.00 Å². The van der Waals surface area contributed by atoms with Crippen molar-refractivity contribution in [3.8, 4) is 0 Å². The van der Waals surface area contributed by atoms with Gasteiger partial charge in [-0.2, -0.15) is 0 Å². The number of nitrogens with one attached hydrogen (secondary N) is 1. The molecule has 3 N–H and O–H groups in total. The molecule has 0 aliphatic carbocycles.